The van der Waals surface area contributed by atoms with Crippen LogP contribution in [0.2, 0.25) is 0 Å². The number of carboxylic acids is 2. The zero-order valence-electron chi connectivity index (χ0n) is 24.4. The molecule has 45 heavy (non-hydrogen) atoms. The minimum atomic E-state index is -1.78. The van der Waals surface area contributed by atoms with Gasteiger partial charge in [-0.2, -0.15) is 0 Å². The Bertz CT molecular complexity index is 1660. The molecule has 0 aromatic heterocycles. The lowest BCUT2D eigenvalue weighted by molar-refractivity contribution is 0.0686. The Morgan fingerprint density at radius 3 is 1.07 bits per heavy atom. The molecule has 0 aliphatic carbocycles. The summed E-state index contributed by atoms with van der Waals surface area (Å²) in [6.45, 7) is 0. The fourth-order valence-electron chi connectivity index (χ4n) is 5.09. The summed E-state index contributed by atoms with van der Waals surface area (Å²) >= 11 is 1.44. The Hall–Kier alpha value is -4.96. The van der Waals surface area contributed by atoms with E-state index in [1.807, 2.05) is 0 Å². The molecule has 0 spiro atoms. The molecular weight excluding hydrogens is 595 g/mol. The van der Waals surface area contributed by atoms with Crippen molar-refractivity contribution in [2.75, 3.05) is 0 Å². The van der Waals surface area contributed by atoms with Crippen LogP contribution in [0.25, 0.3) is 0 Å². The summed E-state index contributed by atoms with van der Waals surface area (Å²) < 4.78 is 0. The summed E-state index contributed by atoms with van der Waals surface area (Å²) in [4.78, 5) is 23.2. The van der Waals surface area contributed by atoms with Crippen LogP contribution in [0, 0.1) is 0 Å². The van der Waals surface area contributed by atoms with Gasteiger partial charge in [0.25, 0.3) is 0 Å². The van der Waals surface area contributed by atoms with Gasteiger partial charge in [-0.25, -0.2) is 9.59 Å². The Balaban J connectivity index is 0.000000187. The van der Waals surface area contributed by atoms with Gasteiger partial charge in [0.1, 0.15) is 23.2 Å². The van der Waals surface area contributed by atoms with E-state index in [9.17, 15) is 9.59 Å². The van der Waals surface area contributed by atoms with Crippen molar-refractivity contribution < 1.29 is 19.8 Å². The SMILES string of the molecule is O=C(O)c1ccc(Sc2ccc(C(=O)O)cc2)cc1.c1ccc(C[P+](c2ccccc2)(c2ccccc2)c2ccccc2)cc1. The molecule has 6 aromatic carbocycles. The minimum absolute atomic E-state index is 0.241. The number of carboxylic acid groups (broad SMARTS) is 2. The summed E-state index contributed by atoms with van der Waals surface area (Å²) in [5.74, 6) is -1.91. The molecule has 222 valence electrons. The number of hydrogen-bond acceptors (Lipinski definition) is 3. The van der Waals surface area contributed by atoms with E-state index in [0.717, 1.165) is 16.0 Å². The smallest absolute Gasteiger partial charge is 0.335 e. The molecule has 4 nitrogen and oxygen atoms in total. The Morgan fingerprint density at radius 1 is 0.444 bits per heavy atom. The fraction of sp³-hybridized carbons (Fsp3) is 0.0256. The van der Waals surface area contributed by atoms with Crippen molar-refractivity contribution in [2.45, 2.75) is 16.0 Å². The predicted molar refractivity (Wildman–Crippen MR) is 186 cm³/mol. The summed E-state index contributed by atoms with van der Waals surface area (Å²) in [6.07, 6.45) is 1.03. The lowest BCUT2D eigenvalue weighted by Gasteiger charge is -2.27. The number of rotatable bonds is 9. The molecule has 0 atom stereocenters. The van der Waals surface area contributed by atoms with Crippen LogP contribution in [0.3, 0.4) is 0 Å². The molecule has 0 unspecified atom stereocenters. The first-order chi connectivity index (χ1) is 22.0. The van der Waals surface area contributed by atoms with Gasteiger partial charge in [0.05, 0.1) is 17.3 Å². The average Bonchev–Trinajstić information content (AvgIpc) is 3.09. The van der Waals surface area contributed by atoms with Gasteiger partial charge >= 0.3 is 11.9 Å². The normalized spacial score (nSPS) is 10.8. The Morgan fingerprint density at radius 2 is 0.756 bits per heavy atom. The molecule has 0 radical (unpaired) electrons. The van der Waals surface area contributed by atoms with Crippen LogP contribution in [-0.2, 0) is 6.16 Å². The van der Waals surface area contributed by atoms with Crippen LogP contribution in [0.4, 0.5) is 0 Å². The van der Waals surface area contributed by atoms with Crippen molar-refractivity contribution in [1.29, 1.82) is 0 Å². The number of benzene rings is 6. The van der Waals surface area contributed by atoms with Crippen LogP contribution in [0.5, 0.6) is 0 Å². The zero-order chi connectivity index (χ0) is 31.5. The average molecular weight is 628 g/mol. The minimum Gasteiger partial charge on any atom is -0.478 e. The molecule has 0 heterocycles. The highest BCUT2D eigenvalue weighted by Gasteiger charge is 2.45. The lowest BCUT2D eigenvalue weighted by Crippen LogP contribution is -2.32. The third-order valence-electron chi connectivity index (χ3n) is 7.29. The highest BCUT2D eigenvalue weighted by atomic mass is 32.2. The number of hydrogen-bond donors (Lipinski definition) is 2. The van der Waals surface area contributed by atoms with Crippen molar-refractivity contribution in [3.8, 4) is 0 Å². The van der Waals surface area contributed by atoms with Gasteiger partial charge in [0, 0.05) is 9.79 Å². The van der Waals surface area contributed by atoms with Gasteiger partial charge in [-0.3, -0.25) is 0 Å². The molecule has 0 fully saturated rings. The van der Waals surface area contributed by atoms with Gasteiger partial charge in [-0.1, -0.05) is 96.7 Å². The molecule has 6 rings (SSSR count). The van der Waals surface area contributed by atoms with E-state index in [1.54, 1.807) is 24.3 Å². The van der Waals surface area contributed by atoms with Crippen LogP contribution in [-0.4, -0.2) is 22.2 Å². The van der Waals surface area contributed by atoms with Gasteiger partial charge in [-0.15, -0.1) is 0 Å². The van der Waals surface area contributed by atoms with Crippen LogP contribution >= 0.6 is 19.0 Å². The van der Waals surface area contributed by atoms with E-state index >= 15 is 0 Å². The maximum absolute atomic E-state index is 10.7. The third-order valence-corrected chi connectivity index (χ3v) is 12.7. The predicted octanol–water partition coefficient (Wildman–Crippen LogP) is 8.41. The topological polar surface area (TPSA) is 74.6 Å². The maximum atomic E-state index is 10.7. The molecule has 0 aliphatic heterocycles. The first kappa shape index (κ1) is 31.5. The Labute approximate surface area is 268 Å². The van der Waals surface area contributed by atoms with Crippen molar-refractivity contribution in [2.24, 2.45) is 0 Å². The summed E-state index contributed by atoms with van der Waals surface area (Å²) in [6, 6.07) is 57.1. The number of carbonyl (C=O) groups is 2. The molecule has 6 heteroatoms. The van der Waals surface area contributed by atoms with Crippen LogP contribution in [0.1, 0.15) is 26.3 Å². The first-order valence-electron chi connectivity index (χ1n) is 14.4. The molecule has 2 N–H and O–H groups in total. The zero-order valence-corrected chi connectivity index (χ0v) is 26.2. The quantitative estimate of drug-likeness (QED) is 0.158. The van der Waals surface area contributed by atoms with E-state index in [1.165, 1.54) is 57.5 Å². The second-order valence-electron chi connectivity index (χ2n) is 10.2. The second-order valence-corrected chi connectivity index (χ2v) is 14.9. The van der Waals surface area contributed by atoms with E-state index in [0.29, 0.717) is 0 Å². The molecule has 0 saturated heterocycles. The van der Waals surface area contributed by atoms with Crippen molar-refractivity contribution in [3.05, 3.63) is 187 Å². The molecule has 0 amide bonds. The first-order valence-corrected chi connectivity index (χ1v) is 17.2. The highest BCUT2D eigenvalue weighted by molar-refractivity contribution is 7.99. The lowest BCUT2D eigenvalue weighted by atomic mass is 10.2. The van der Waals surface area contributed by atoms with Crippen molar-refractivity contribution >= 4 is 46.9 Å². The largest absolute Gasteiger partial charge is 0.478 e. The number of aromatic carboxylic acids is 2. The highest BCUT2D eigenvalue weighted by Crippen LogP contribution is 2.58. The van der Waals surface area contributed by atoms with Gasteiger partial charge in [0.15, 0.2) is 0 Å². The fourth-order valence-corrected chi connectivity index (χ4v) is 10.2. The summed E-state index contributed by atoms with van der Waals surface area (Å²) in [7, 11) is -1.78. The van der Waals surface area contributed by atoms with Gasteiger partial charge in [0.2, 0.25) is 0 Å². The molecule has 0 saturated carbocycles. The molecule has 0 bridgehead atoms. The maximum Gasteiger partial charge on any atom is 0.335 e. The standard InChI is InChI=1S/C25H22P.C14H10O4S/c1-5-13-22(14-6-1)21-26(23-15-7-2-8-16-23,24-17-9-3-10-18-24)25-19-11-4-12-20-25;15-13(16)9-1-5-11(6-2-9)19-12-7-3-10(4-8-12)14(17)18/h1-20H,21H2;1-8H,(H,15,16)(H,17,18)/q+1;. The molecule has 0 aliphatic rings. The summed E-state index contributed by atoms with van der Waals surface area (Å²) in [5.41, 5.74) is 1.87. The van der Waals surface area contributed by atoms with Gasteiger partial charge < -0.3 is 10.2 Å². The van der Waals surface area contributed by atoms with E-state index in [-0.39, 0.29) is 11.1 Å². The second kappa shape index (κ2) is 15.2. The Kier molecular flexibility index (Phi) is 10.6. The molecular formula is C39H32O4PS+. The van der Waals surface area contributed by atoms with E-state index < -0.39 is 19.2 Å². The van der Waals surface area contributed by atoms with E-state index in [4.69, 9.17) is 10.2 Å². The summed E-state index contributed by atoms with van der Waals surface area (Å²) in [5, 5.41) is 21.9. The van der Waals surface area contributed by atoms with E-state index in [2.05, 4.69) is 121 Å². The monoisotopic (exact) mass is 627 g/mol. The molecule has 6 aromatic rings. The third kappa shape index (κ3) is 7.96. The van der Waals surface area contributed by atoms with Crippen molar-refractivity contribution in [1.82, 2.24) is 0 Å². The van der Waals surface area contributed by atoms with Crippen LogP contribution in [0.15, 0.2) is 180 Å². The van der Waals surface area contributed by atoms with Crippen molar-refractivity contribution in [3.63, 3.8) is 0 Å². The van der Waals surface area contributed by atoms with Gasteiger partial charge in [-0.05, 0) is 90.5 Å². The van der Waals surface area contributed by atoms with Crippen LogP contribution < -0.4 is 15.9 Å².